The zero-order chi connectivity index (χ0) is 15.4. The van der Waals surface area contributed by atoms with E-state index in [0.717, 1.165) is 19.3 Å². The van der Waals surface area contributed by atoms with Crippen LogP contribution in [0.2, 0.25) is 0 Å². The van der Waals surface area contributed by atoms with Gasteiger partial charge in [-0.15, -0.1) is 0 Å². The highest BCUT2D eigenvalue weighted by Crippen LogP contribution is 2.30. The number of carbonyl (C=O) groups excluding carboxylic acids is 2. The average molecular weight is 304 g/mol. The number of nitrogens with zero attached hydrogens (tertiary/aromatic N) is 1. The molecule has 0 aromatic heterocycles. The Bertz CT molecular complexity index is 555. The molecule has 1 saturated heterocycles. The minimum atomic E-state index is -0.565. The quantitative estimate of drug-likeness (QED) is 0.826. The van der Waals surface area contributed by atoms with E-state index in [1.165, 1.54) is 0 Å². The zero-order valence-corrected chi connectivity index (χ0v) is 12.4. The molecule has 6 heteroatoms. The van der Waals surface area contributed by atoms with Gasteiger partial charge in [-0.1, -0.05) is 12.1 Å². The van der Waals surface area contributed by atoms with E-state index < -0.39 is 11.8 Å². The first-order valence-electron chi connectivity index (χ1n) is 7.69. The maximum absolute atomic E-state index is 12.0. The van der Waals surface area contributed by atoms with Crippen molar-refractivity contribution in [3.63, 3.8) is 0 Å². The van der Waals surface area contributed by atoms with Gasteiger partial charge in [0.2, 0.25) is 0 Å². The number of para-hydroxylation sites is 2. The van der Waals surface area contributed by atoms with E-state index in [1.807, 2.05) is 24.3 Å². The Balaban J connectivity index is 1.48. The highest BCUT2D eigenvalue weighted by atomic mass is 16.6. The lowest BCUT2D eigenvalue weighted by Gasteiger charge is -2.28. The van der Waals surface area contributed by atoms with Crippen LogP contribution in [-0.4, -0.2) is 49.1 Å². The Labute approximate surface area is 129 Å². The van der Waals surface area contributed by atoms with E-state index in [-0.39, 0.29) is 12.6 Å². The number of carbonyl (C=O) groups is 2. The SMILES string of the molecule is O=C(NC[C@H]1COc2ccccc2O1)C(=O)N1CCCCC1. The maximum Gasteiger partial charge on any atom is 0.311 e. The number of ether oxygens (including phenoxy) is 2. The van der Waals surface area contributed by atoms with Gasteiger partial charge < -0.3 is 19.7 Å². The second kappa shape index (κ2) is 6.68. The Morgan fingerprint density at radius 1 is 1.14 bits per heavy atom. The molecule has 118 valence electrons. The van der Waals surface area contributed by atoms with Gasteiger partial charge in [-0.3, -0.25) is 9.59 Å². The van der Waals surface area contributed by atoms with E-state index in [9.17, 15) is 9.59 Å². The maximum atomic E-state index is 12.0. The Morgan fingerprint density at radius 3 is 2.64 bits per heavy atom. The monoisotopic (exact) mass is 304 g/mol. The second-order valence-corrected chi connectivity index (χ2v) is 5.56. The smallest absolute Gasteiger partial charge is 0.311 e. The highest BCUT2D eigenvalue weighted by Gasteiger charge is 2.26. The number of piperidine rings is 1. The van der Waals surface area contributed by atoms with Gasteiger partial charge in [0.15, 0.2) is 11.5 Å². The van der Waals surface area contributed by atoms with Gasteiger partial charge >= 0.3 is 11.8 Å². The molecule has 3 rings (SSSR count). The first-order chi connectivity index (χ1) is 10.7. The predicted octanol–water partition coefficient (Wildman–Crippen LogP) is 0.955. The molecule has 2 amide bonds. The van der Waals surface area contributed by atoms with Crippen molar-refractivity contribution in [3.05, 3.63) is 24.3 Å². The van der Waals surface area contributed by atoms with E-state index in [4.69, 9.17) is 9.47 Å². The van der Waals surface area contributed by atoms with Gasteiger partial charge in [0.1, 0.15) is 12.7 Å². The molecule has 2 aliphatic rings. The van der Waals surface area contributed by atoms with Gasteiger partial charge in [-0.05, 0) is 31.4 Å². The third-order valence-electron chi connectivity index (χ3n) is 3.90. The third kappa shape index (κ3) is 3.32. The predicted molar refractivity (Wildman–Crippen MR) is 79.8 cm³/mol. The summed E-state index contributed by atoms with van der Waals surface area (Å²) in [5.41, 5.74) is 0. The molecule has 0 aliphatic carbocycles. The van der Waals surface area contributed by atoms with E-state index in [1.54, 1.807) is 4.90 Å². The molecule has 1 aromatic rings. The minimum Gasteiger partial charge on any atom is -0.486 e. The van der Waals surface area contributed by atoms with Crippen LogP contribution >= 0.6 is 0 Å². The van der Waals surface area contributed by atoms with E-state index in [0.29, 0.717) is 31.2 Å². The van der Waals surface area contributed by atoms with E-state index >= 15 is 0 Å². The van der Waals surface area contributed by atoms with Crippen molar-refractivity contribution in [3.8, 4) is 11.5 Å². The van der Waals surface area contributed by atoms with Crippen molar-refractivity contribution < 1.29 is 19.1 Å². The summed E-state index contributed by atoms with van der Waals surface area (Å²) in [5.74, 6) is 0.353. The number of hydrogen-bond donors (Lipinski definition) is 1. The summed E-state index contributed by atoms with van der Waals surface area (Å²) in [6, 6.07) is 7.40. The fourth-order valence-electron chi connectivity index (χ4n) is 2.69. The van der Waals surface area contributed by atoms with Crippen LogP contribution in [0.15, 0.2) is 24.3 Å². The van der Waals surface area contributed by atoms with Crippen LogP contribution in [0.1, 0.15) is 19.3 Å². The van der Waals surface area contributed by atoms with Crippen LogP contribution < -0.4 is 14.8 Å². The highest BCUT2D eigenvalue weighted by molar-refractivity contribution is 6.35. The zero-order valence-electron chi connectivity index (χ0n) is 12.4. The van der Waals surface area contributed by atoms with Crippen LogP contribution in [0.3, 0.4) is 0 Å². The van der Waals surface area contributed by atoms with Gasteiger partial charge in [0.05, 0.1) is 6.54 Å². The largest absolute Gasteiger partial charge is 0.486 e. The Kier molecular flexibility index (Phi) is 4.46. The molecule has 2 aliphatic heterocycles. The third-order valence-corrected chi connectivity index (χ3v) is 3.90. The van der Waals surface area contributed by atoms with Crippen molar-refractivity contribution >= 4 is 11.8 Å². The Hall–Kier alpha value is -2.24. The summed E-state index contributed by atoms with van der Waals surface area (Å²) < 4.78 is 11.3. The van der Waals surface area contributed by atoms with Crippen molar-refractivity contribution in [2.24, 2.45) is 0 Å². The summed E-state index contributed by atoms with van der Waals surface area (Å²) in [7, 11) is 0. The van der Waals surface area contributed by atoms with Crippen molar-refractivity contribution in [1.29, 1.82) is 0 Å². The number of nitrogens with one attached hydrogen (secondary N) is 1. The number of hydrogen-bond acceptors (Lipinski definition) is 4. The van der Waals surface area contributed by atoms with Crippen LogP contribution in [0.25, 0.3) is 0 Å². The van der Waals surface area contributed by atoms with Crippen LogP contribution in [-0.2, 0) is 9.59 Å². The first-order valence-corrected chi connectivity index (χ1v) is 7.69. The molecule has 0 radical (unpaired) electrons. The number of likely N-dealkylation sites (tertiary alicyclic amines) is 1. The van der Waals surface area contributed by atoms with Gasteiger partial charge in [0.25, 0.3) is 0 Å². The van der Waals surface area contributed by atoms with Crippen LogP contribution in [0.5, 0.6) is 11.5 Å². The molecular weight excluding hydrogens is 284 g/mol. The summed E-state index contributed by atoms with van der Waals surface area (Å²) >= 11 is 0. The molecule has 22 heavy (non-hydrogen) atoms. The minimum absolute atomic E-state index is 0.257. The van der Waals surface area contributed by atoms with Gasteiger partial charge in [0, 0.05) is 13.1 Å². The summed E-state index contributed by atoms with van der Waals surface area (Å²) in [6.45, 7) is 1.95. The molecule has 0 saturated carbocycles. The molecule has 6 nitrogen and oxygen atoms in total. The molecule has 0 spiro atoms. The molecule has 2 heterocycles. The standard InChI is InChI=1S/C16H20N2O4/c19-15(16(20)18-8-4-1-5-9-18)17-10-12-11-21-13-6-2-3-7-14(13)22-12/h2-3,6-7,12H,1,4-5,8-11H2,(H,17,19)/t12-/m0/s1. The van der Waals surface area contributed by atoms with E-state index in [2.05, 4.69) is 5.32 Å². The molecule has 1 N–H and O–H groups in total. The summed E-state index contributed by atoms with van der Waals surface area (Å²) in [4.78, 5) is 25.6. The summed E-state index contributed by atoms with van der Waals surface area (Å²) in [5, 5.41) is 2.65. The molecule has 1 fully saturated rings. The average Bonchev–Trinajstić information content (AvgIpc) is 2.59. The van der Waals surface area contributed by atoms with Crippen molar-refractivity contribution in [1.82, 2.24) is 10.2 Å². The number of rotatable bonds is 2. The molecule has 0 bridgehead atoms. The fourth-order valence-corrected chi connectivity index (χ4v) is 2.69. The lowest BCUT2D eigenvalue weighted by Crippen LogP contribution is -2.48. The Morgan fingerprint density at radius 2 is 1.86 bits per heavy atom. The molecule has 1 aromatic carbocycles. The number of benzene rings is 1. The lowest BCUT2D eigenvalue weighted by atomic mass is 10.1. The van der Waals surface area contributed by atoms with Gasteiger partial charge in [-0.25, -0.2) is 0 Å². The van der Waals surface area contributed by atoms with Crippen molar-refractivity contribution in [2.75, 3.05) is 26.2 Å². The normalized spacial score (nSPS) is 20.4. The topological polar surface area (TPSA) is 67.9 Å². The molecule has 0 unspecified atom stereocenters. The number of fused-ring (bicyclic) bond motifs is 1. The second-order valence-electron chi connectivity index (χ2n) is 5.56. The fraction of sp³-hybridized carbons (Fsp3) is 0.500. The number of amides is 2. The van der Waals surface area contributed by atoms with Gasteiger partial charge in [-0.2, -0.15) is 0 Å². The molecule has 1 atom stereocenters. The van der Waals surface area contributed by atoms with Crippen LogP contribution in [0.4, 0.5) is 0 Å². The van der Waals surface area contributed by atoms with Crippen LogP contribution in [0, 0.1) is 0 Å². The lowest BCUT2D eigenvalue weighted by molar-refractivity contribution is -0.146. The summed E-state index contributed by atoms with van der Waals surface area (Å²) in [6.07, 6.45) is 2.77. The molecular formula is C16H20N2O4. The van der Waals surface area contributed by atoms with Crippen molar-refractivity contribution in [2.45, 2.75) is 25.4 Å². The first kappa shape index (κ1) is 14.7.